The van der Waals surface area contributed by atoms with Gasteiger partial charge in [-0.15, -0.1) is 0 Å². The van der Waals surface area contributed by atoms with Crippen LogP contribution < -0.4 is 4.74 Å². The summed E-state index contributed by atoms with van der Waals surface area (Å²) >= 11 is 0. The number of aryl methyl sites for hydroxylation is 1. The third-order valence-corrected chi connectivity index (χ3v) is 2.09. The standard InChI is InChI=1S/C11H9F2NO3/c1-6-3-4-8(17-11(12)13)7(5-14)9(6)10(15)16-2/h3-4,11H,1-2H3. The van der Waals surface area contributed by atoms with Gasteiger partial charge in [0.1, 0.15) is 17.4 Å². The molecule has 0 aliphatic heterocycles. The van der Waals surface area contributed by atoms with Gasteiger partial charge < -0.3 is 9.47 Å². The maximum atomic E-state index is 12.1. The largest absolute Gasteiger partial charge is 0.465 e. The van der Waals surface area contributed by atoms with Gasteiger partial charge in [0.05, 0.1) is 12.7 Å². The smallest absolute Gasteiger partial charge is 0.387 e. The number of carbonyl (C=O) groups is 1. The van der Waals surface area contributed by atoms with Crippen molar-refractivity contribution in [2.24, 2.45) is 0 Å². The van der Waals surface area contributed by atoms with Crippen LogP contribution in [-0.2, 0) is 4.74 Å². The molecule has 0 spiro atoms. The van der Waals surface area contributed by atoms with Gasteiger partial charge in [-0.1, -0.05) is 6.07 Å². The molecule has 4 nitrogen and oxygen atoms in total. The van der Waals surface area contributed by atoms with Crippen molar-refractivity contribution >= 4 is 5.97 Å². The molecule has 1 aromatic carbocycles. The second kappa shape index (κ2) is 5.25. The zero-order valence-corrected chi connectivity index (χ0v) is 9.16. The lowest BCUT2D eigenvalue weighted by Crippen LogP contribution is -2.10. The molecule has 90 valence electrons. The van der Waals surface area contributed by atoms with E-state index in [1.807, 2.05) is 0 Å². The first-order valence-corrected chi connectivity index (χ1v) is 4.58. The molecule has 0 saturated carbocycles. The molecular formula is C11H9F2NO3. The van der Waals surface area contributed by atoms with E-state index in [0.29, 0.717) is 5.56 Å². The fourth-order valence-electron chi connectivity index (χ4n) is 1.36. The highest BCUT2D eigenvalue weighted by Gasteiger charge is 2.20. The van der Waals surface area contributed by atoms with Crippen LogP contribution in [0.2, 0.25) is 0 Å². The molecule has 0 heterocycles. The fraction of sp³-hybridized carbons (Fsp3) is 0.273. The topological polar surface area (TPSA) is 59.3 Å². The maximum Gasteiger partial charge on any atom is 0.387 e. The van der Waals surface area contributed by atoms with E-state index in [-0.39, 0.29) is 16.9 Å². The third-order valence-electron chi connectivity index (χ3n) is 2.09. The first kappa shape index (κ1) is 12.9. The Morgan fingerprint density at radius 1 is 1.47 bits per heavy atom. The molecule has 0 unspecified atom stereocenters. The van der Waals surface area contributed by atoms with Crippen LogP contribution in [0.15, 0.2) is 12.1 Å². The lowest BCUT2D eigenvalue weighted by molar-refractivity contribution is -0.0501. The van der Waals surface area contributed by atoms with E-state index >= 15 is 0 Å². The number of benzene rings is 1. The Bertz CT molecular complexity index is 480. The molecule has 0 N–H and O–H groups in total. The summed E-state index contributed by atoms with van der Waals surface area (Å²) in [4.78, 5) is 11.4. The van der Waals surface area contributed by atoms with Crippen LogP contribution >= 0.6 is 0 Å². The summed E-state index contributed by atoms with van der Waals surface area (Å²) in [7, 11) is 1.14. The van der Waals surface area contributed by atoms with Gasteiger partial charge in [-0.25, -0.2) is 4.79 Å². The van der Waals surface area contributed by atoms with Gasteiger partial charge in [-0.2, -0.15) is 14.0 Å². The van der Waals surface area contributed by atoms with Crippen LogP contribution in [0, 0.1) is 18.3 Å². The van der Waals surface area contributed by atoms with Crippen LogP contribution in [-0.4, -0.2) is 19.7 Å². The molecule has 0 amide bonds. The Balaban J connectivity index is 3.37. The van der Waals surface area contributed by atoms with Crippen LogP contribution in [0.25, 0.3) is 0 Å². The van der Waals surface area contributed by atoms with E-state index in [1.54, 1.807) is 13.0 Å². The number of ether oxygens (including phenoxy) is 2. The summed E-state index contributed by atoms with van der Waals surface area (Å²) in [5.41, 5.74) is 0.139. The van der Waals surface area contributed by atoms with E-state index in [1.165, 1.54) is 12.1 Å². The molecule has 6 heteroatoms. The Morgan fingerprint density at radius 2 is 2.12 bits per heavy atom. The Hall–Kier alpha value is -2.16. The highest BCUT2D eigenvalue weighted by atomic mass is 19.3. The van der Waals surface area contributed by atoms with E-state index < -0.39 is 12.6 Å². The second-order valence-corrected chi connectivity index (χ2v) is 3.11. The van der Waals surface area contributed by atoms with Crippen molar-refractivity contribution in [3.63, 3.8) is 0 Å². The number of nitriles is 1. The zero-order chi connectivity index (χ0) is 13.0. The number of alkyl halides is 2. The van der Waals surface area contributed by atoms with Crippen LogP contribution in [0.5, 0.6) is 5.75 Å². The van der Waals surface area contributed by atoms with Gasteiger partial charge in [0.25, 0.3) is 0 Å². The average molecular weight is 241 g/mol. The summed E-state index contributed by atoms with van der Waals surface area (Å²) in [6, 6.07) is 4.29. The summed E-state index contributed by atoms with van der Waals surface area (Å²) < 4.78 is 32.9. The zero-order valence-electron chi connectivity index (χ0n) is 9.16. The predicted octanol–water partition coefficient (Wildman–Crippen LogP) is 2.25. The fourth-order valence-corrected chi connectivity index (χ4v) is 1.36. The van der Waals surface area contributed by atoms with Crippen molar-refractivity contribution in [1.29, 1.82) is 5.26 Å². The van der Waals surface area contributed by atoms with Crippen molar-refractivity contribution in [3.8, 4) is 11.8 Å². The van der Waals surface area contributed by atoms with Gasteiger partial charge in [-0.3, -0.25) is 0 Å². The SMILES string of the molecule is COC(=O)c1c(C)ccc(OC(F)F)c1C#N. The molecule has 0 aromatic heterocycles. The number of halogens is 2. The first-order valence-electron chi connectivity index (χ1n) is 4.58. The maximum absolute atomic E-state index is 12.1. The van der Waals surface area contributed by atoms with Crippen molar-refractivity contribution in [3.05, 3.63) is 28.8 Å². The number of carbonyl (C=O) groups excluding carboxylic acids is 1. The molecule has 0 radical (unpaired) electrons. The number of nitrogens with zero attached hydrogens (tertiary/aromatic N) is 1. The lowest BCUT2D eigenvalue weighted by atomic mass is 10.0. The summed E-state index contributed by atoms with van der Waals surface area (Å²) in [6.07, 6.45) is 0. The van der Waals surface area contributed by atoms with Crippen molar-refractivity contribution in [2.45, 2.75) is 13.5 Å². The van der Waals surface area contributed by atoms with E-state index in [4.69, 9.17) is 5.26 Å². The van der Waals surface area contributed by atoms with Crippen LogP contribution in [0.1, 0.15) is 21.5 Å². The van der Waals surface area contributed by atoms with Gasteiger partial charge >= 0.3 is 12.6 Å². The number of methoxy groups -OCH3 is 1. The molecule has 0 bridgehead atoms. The summed E-state index contributed by atoms with van der Waals surface area (Å²) in [6.45, 7) is -1.49. The number of hydrogen-bond acceptors (Lipinski definition) is 4. The Morgan fingerprint density at radius 3 is 2.59 bits per heavy atom. The molecule has 0 aliphatic rings. The van der Waals surface area contributed by atoms with Crippen molar-refractivity contribution in [2.75, 3.05) is 7.11 Å². The van der Waals surface area contributed by atoms with Crippen LogP contribution in [0.4, 0.5) is 8.78 Å². The lowest BCUT2D eigenvalue weighted by Gasteiger charge is -2.11. The molecular weight excluding hydrogens is 232 g/mol. The minimum atomic E-state index is -3.06. The predicted molar refractivity (Wildman–Crippen MR) is 53.9 cm³/mol. The van der Waals surface area contributed by atoms with E-state index in [0.717, 1.165) is 7.11 Å². The second-order valence-electron chi connectivity index (χ2n) is 3.11. The highest BCUT2D eigenvalue weighted by Crippen LogP contribution is 2.26. The molecule has 17 heavy (non-hydrogen) atoms. The molecule has 1 rings (SSSR count). The monoisotopic (exact) mass is 241 g/mol. The average Bonchev–Trinajstić information content (AvgIpc) is 2.29. The van der Waals surface area contributed by atoms with E-state index in [2.05, 4.69) is 9.47 Å². The van der Waals surface area contributed by atoms with Gasteiger partial charge in [-0.05, 0) is 18.6 Å². The minimum Gasteiger partial charge on any atom is -0.465 e. The Kier molecular flexibility index (Phi) is 3.99. The van der Waals surface area contributed by atoms with E-state index in [9.17, 15) is 13.6 Å². The molecule has 0 aliphatic carbocycles. The van der Waals surface area contributed by atoms with Crippen molar-refractivity contribution < 1.29 is 23.0 Å². The van der Waals surface area contributed by atoms with Gasteiger partial charge in [0.2, 0.25) is 0 Å². The van der Waals surface area contributed by atoms with Crippen molar-refractivity contribution in [1.82, 2.24) is 0 Å². The Labute approximate surface area is 96.4 Å². The first-order chi connectivity index (χ1) is 8.01. The number of esters is 1. The normalized spacial score (nSPS) is 9.88. The highest BCUT2D eigenvalue weighted by molar-refractivity contribution is 5.94. The molecule has 0 fully saturated rings. The summed E-state index contributed by atoms with van der Waals surface area (Å²) in [5.74, 6) is -1.10. The number of hydrogen-bond donors (Lipinski definition) is 0. The van der Waals surface area contributed by atoms with Gasteiger partial charge in [0.15, 0.2) is 0 Å². The van der Waals surface area contributed by atoms with Gasteiger partial charge in [0, 0.05) is 0 Å². The quantitative estimate of drug-likeness (QED) is 0.761. The van der Waals surface area contributed by atoms with Crippen LogP contribution in [0.3, 0.4) is 0 Å². The number of rotatable bonds is 3. The minimum absolute atomic E-state index is 0.0619. The molecule has 0 saturated heterocycles. The third kappa shape index (κ3) is 2.69. The molecule has 0 atom stereocenters. The summed E-state index contributed by atoms with van der Waals surface area (Å²) in [5, 5.41) is 8.90. The molecule has 1 aromatic rings.